The molecule has 2 atom stereocenters. The lowest BCUT2D eigenvalue weighted by atomic mass is 9.89. The van der Waals surface area contributed by atoms with Crippen LogP contribution in [0.15, 0.2) is 54.6 Å². The van der Waals surface area contributed by atoms with Gasteiger partial charge in [0.15, 0.2) is 0 Å². The van der Waals surface area contributed by atoms with Crippen molar-refractivity contribution in [2.75, 3.05) is 22.9 Å². The molecule has 36 heavy (non-hydrogen) atoms. The number of anilines is 3. The largest absolute Gasteiger partial charge is 0.398 e. The normalized spacial score (nSPS) is 18.0. The van der Waals surface area contributed by atoms with Gasteiger partial charge in [0, 0.05) is 35.5 Å². The molecule has 1 aliphatic rings. The Hall–Kier alpha value is -4.14. The molecule has 2 heterocycles. The first-order valence-electron chi connectivity index (χ1n) is 12.1. The molecule has 3 aromatic rings. The number of piperidine rings is 1. The lowest BCUT2D eigenvalue weighted by molar-refractivity contribution is -0.127. The molecule has 0 radical (unpaired) electrons. The standard InChI is InChI=1S/C27H34N8O/c1-16-9-10-18(25(36)34-27(2,3)19-7-5-4-6-8-19)15-35(16)23-14-22(32-26(31)33-23)17-11-12-20(24(29)30)21(28)13-17/h4-8,11-14,16,18H,9-10,15,28H2,1-3H3,(H3,29,30)(H,34,36)(H2,31,32,33). The zero-order valence-electron chi connectivity index (χ0n) is 21.0. The van der Waals surface area contributed by atoms with Gasteiger partial charge in [0.25, 0.3) is 0 Å². The van der Waals surface area contributed by atoms with Crippen molar-refractivity contribution < 1.29 is 4.79 Å². The summed E-state index contributed by atoms with van der Waals surface area (Å²) < 4.78 is 0. The highest BCUT2D eigenvalue weighted by molar-refractivity contribution is 6.00. The first-order chi connectivity index (χ1) is 17.0. The van der Waals surface area contributed by atoms with Gasteiger partial charge >= 0.3 is 0 Å². The lowest BCUT2D eigenvalue weighted by Gasteiger charge is -2.39. The fourth-order valence-corrected chi connectivity index (χ4v) is 4.69. The fourth-order valence-electron chi connectivity index (χ4n) is 4.69. The summed E-state index contributed by atoms with van der Waals surface area (Å²) in [4.78, 5) is 24.3. The van der Waals surface area contributed by atoms with Gasteiger partial charge < -0.3 is 27.4 Å². The van der Waals surface area contributed by atoms with Crippen LogP contribution in [0.1, 0.15) is 44.7 Å². The summed E-state index contributed by atoms with van der Waals surface area (Å²) in [6.07, 6.45) is 1.65. The predicted octanol–water partition coefficient (Wildman–Crippen LogP) is 3.25. The quantitative estimate of drug-likeness (QED) is 0.203. The summed E-state index contributed by atoms with van der Waals surface area (Å²) >= 11 is 0. The van der Waals surface area contributed by atoms with E-state index in [9.17, 15) is 4.79 Å². The van der Waals surface area contributed by atoms with Crippen LogP contribution in [0.4, 0.5) is 17.5 Å². The van der Waals surface area contributed by atoms with Gasteiger partial charge in [-0.3, -0.25) is 10.2 Å². The van der Waals surface area contributed by atoms with Crippen LogP contribution in [-0.4, -0.2) is 34.3 Å². The summed E-state index contributed by atoms with van der Waals surface area (Å²) in [5.41, 5.74) is 20.6. The van der Waals surface area contributed by atoms with Crippen LogP contribution in [0, 0.1) is 11.3 Å². The summed E-state index contributed by atoms with van der Waals surface area (Å²) in [6.45, 7) is 6.69. The van der Waals surface area contributed by atoms with Crippen molar-refractivity contribution in [2.45, 2.75) is 45.2 Å². The Bertz CT molecular complexity index is 1270. The molecule has 188 valence electrons. The number of amides is 1. The number of rotatable bonds is 6. The first kappa shape index (κ1) is 25.0. The summed E-state index contributed by atoms with van der Waals surface area (Å²) in [7, 11) is 0. The second kappa shape index (κ2) is 9.85. The third kappa shape index (κ3) is 5.25. The summed E-state index contributed by atoms with van der Waals surface area (Å²) in [5.74, 6) is 0.550. The Morgan fingerprint density at radius 2 is 1.81 bits per heavy atom. The smallest absolute Gasteiger partial charge is 0.225 e. The van der Waals surface area contributed by atoms with E-state index in [4.69, 9.17) is 22.6 Å². The van der Waals surface area contributed by atoms with Crippen LogP contribution < -0.4 is 27.4 Å². The molecule has 1 aliphatic heterocycles. The molecule has 9 heteroatoms. The topological polar surface area (TPSA) is 160 Å². The number of nitrogens with zero attached hydrogens (tertiary/aromatic N) is 3. The molecule has 4 rings (SSSR count). The average molecular weight is 487 g/mol. The van der Waals surface area contributed by atoms with E-state index in [0.29, 0.717) is 29.3 Å². The van der Waals surface area contributed by atoms with E-state index >= 15 is 0 Å². The van der Waals surface area contributed by atoms with Crippen LogP contribution in [0.5, 0.6) is 0 Å². The molecule has 1 fully saturated rings. The second-order valence-electron chi connectivity index (χ2n) is 9.94. The molecule has 2 unspecified atom stereocenters. The van der Waals surface area contributed by atoms with Crippen LogP contribution in [-0.2, 0) is 10.3 Å². The van der Waals surface area contributed by atoms with Crippen molar-refractivity contribution in [3.8, 4) is 11.3 Å². The van der Waals surface area contributed by atoms with Crippen LogP contribution in [0.2, 0.25) is 0 Å². The highest BCUT2D eigenvalue weighted by Gasteiger charge is 2.34. The van der Waals surface area contributed by atoms with E-state index in [-0.39, 0.29) is 29.7 Å². The highest BCUT2D eigenvalue weighted by Crippen LogP contribution is 2.31. The minimum atomic E-state index is -0.481. The van der Waals surface area contributed by atoms with Gasteiger partial charge in [-0.2, -0.15) is 4.98 Å². The monoisotopic (exact) mass is 486 g/mol. The maximum Gasteiger partial charge on any atom is 0.225 e. The molecule has 2 aromatic carbocycles. The number of benzene rings is 2. The van der Waals surface area contributed by atoms with Gasteiger partial charge in [-0.25, -0.2) is 4.98 Å². The van der Waals surface area contributed by atoms with Gasteiger partial charge in [-0.15, -0.1) is 0 Å². The maximum atomic E-state index is 13.3. The Kier molecular flexibility index (Phi) is 6.83. The minimum absolute atomic E-state index is 0.0237. The molecule has 1 saturated heterocycles. The zero-order valence-corrected chi connectivity index (χ0v) is 21.0. The van der Waals surface area contributed by atoms with E-state index in [2.05, 4.69) is 27.1 Å². The van der Waals surface area contributed by atoms with Gasteiger partial charge in [-0.05, 0) is 51.3 Å². The number of hydrogen-bond acceptors (Lipinski definition) is 7. The molecule has 1 aromatic heterocycles. The van der Waals surface area contributed by atoms with E-state index in [1.54, 1.807) is 18.2 Å². The maximum absolute atomic E-state index is 13.3. The first-order valence-corrected chi connectivity index (χ1v) is 12.1. The molecule has 9 nitrogen and oxygen atoms in total. The van der Waals surface area contributed by atoms with E-state index < -0.39 is 5.54 Å². The molecule has 0 spiro atoms. The summed E-state index contributed by atoms with van der Waals surface area (Å²) in [5, 5.41) is 10.9. The van der Waals surface area contributed by atoms with E-state index in [1.807, 2.05) is 50.2 Å². The van der Waals surface area contributed by atoms with Gasteiger partial charge in [0.05, 0.1) is 17.2 Å². The van der Waals surface area contributed by atoms with E-state index in [1.165, 1.54) is 0 Å². The average Bonchev–Trinajstić information content (AvgIpc) is 2.84. The third-order valence-corrected chi connectivity index (χ3v) is 6.85. The van der Waals surface area contributed by atoms with Crippen molar-refractivity contribution in [3.63, 3.8) is 0 Å². The van der Waals surface area contributed by atoms with E-state index in [0.717, 1.165) is 24.0 Å². The Labute approximate surface area is 211 Å². The van der Waals surface area contributed by atoms with Crippen molar-refractivity contribution >= 4 is 29.2 Å². The fraction of sp³-hybridized carbons (Fsp3) is 0.333. The molecule has 1 amide bonds. The highest BCUT2D eigenvalue weighted by atomic mass is 16.2. The third-order valence-electron chi connectivity index (χ3n) is 6.85. The van der Waals surface area contributed by atoms with Gasteiger partial charge in [-0.1, -0.05) is 36.4 Å². The molecular formula is C27H34N8O. The Balaban J connectivity index is 1.57. The Morgan fingerprint density at radius 3 is 2.47 bits per heavy atom. The number of carbonyl (C=O) groups is 1. The molecule has 8 N–H and O–H groups in total. The summed E-state index contributed by atoms with van der Waals surface area (Å²) in [6, 6.07) is 17.2. The van der Waals surface area contributed by atoms with Gasteiger partial charge in [0.1, 0.15) is 11.7 Å². The number of nitrogens with one attached hydrogen (secondary N) is 2. The number of amidine groups is 1. The lowest BCUT2D eigenvalue weighted by Crippen LogP contribution is -2.51. The number of hydrogen-bond donors (Lipinski definition) is 5. The van der Waals surface area contributed by atoms with Crippen molar-refractivity contribution in [1.29, 1.82) is 5.41 Å². The van der Waals surface area contributed by atoms with Crippen molar-refractivity contribution in [2.24, 2.45) is 11.7 Å². The van der Waals surface area contributed by atoms with Crippen LogP contribution in [0.25, 0.3) is 11.3 Å². The molecule has 0 bridgehead atoms. The van der Waals surface area contributed by atoms with Crippen molar-refractivity contribution in [1.82, 2.24) is 15.3 Å². The van der Waals surface area contributed by atoms with Gasteiger partial charge in [0.2, 0.25) is 11.9 Å². The molecular weight excluding hydrogens is 452 g/mol. The molecule has 0 aliphatic carbocycles. The number of nitrogens with two attached hydrogens (primary N) is 3. The predicted molar refractivity (Wildman–Crippen MR) is 144 cm³/mol. The SMILES string of the molecule is CC1CCC(C(=O)NC(C)(C)c2ccccc2)CN1c1cc(-c2ccc(C(=N)N)c(N)c2)nc(N)n1. The zero-order chi connectivity index (χ0) is 26.0. The number of nitrogen functional groups attached to an aromatic ring is 3. The molecule has 0 saturated carbocycles. The van der Waals surface area contributed by atoms with Crippen LogP contribution >= 0.6 is 0 Å². The second-order valence-corrected chi connectivity index (χ2v) is 9.94. The minimum Gasteiger partial charge on any atom is -0.398 e. The number of carbonyl (C=O) groups excluding carboxylic acids is 1. The Morgan fingerprint density at radius 1 is 1.08 bits per heavy atom. The number of aromatic nitrogens is 2. The van der Waals surface area contributed by atoms with Crippen LogP contribution in [0.3, 0.4) is 0 Å². The van der Waals surface area contributed by atoms with Crippen molar-refractivity contribution in [3.05, 3.63) is 65.7 Å².